The highest BCUT2D eigenvalue weighted by Gasteiger charge is 2.34. The van der Waals surface area contributed by atoms with Crippen LogP contribution in [0.1, 0.15) is 42.8 Å². The first-order valence-corrected chi connectivity index (χ1v) is 8.58. The standard InChI is InChI=1S/C18H23N5O2/c1-4-23-13(3)16(12(2)21-23)20-17(24)18(25)22-11-5-6-15(22)14-7-9-19-10-8-14/h7-10,15H,4-6,11H2,1-3H3,(H,20,24)/t15-/m1/s1. The largest absolute Gasteiger partial charge is 0.327 e. The summed E-state index contributed by atoms with van der Waals surface area (Å²) in [5.74, 6) is -1.11. The number of amides is 2. The van der Waals surface area contributed by atoms with Crippen molar-refractivity contribution in [2.75, 3.05) is 11.9 Å². The Morgan fingerprint density at radius 2 is 2.00 bits per heavy atom. The number of nitrogens with one attached hydrogen (secondary N) is 1. The summed E-state index contributed by atoms with van der Waals surface area (Å²) in [5, 5.41) is 7.13. The van der Waals surface area contributed by atoms with E-state index in [-0.39, 0.29) is 6.04 Å². The van der Waals surface area contributed by atoms with Crippen LogP contribution in [0.15, 0.2) is 24.5 Å². The summed E-state index contributed by atoms with van der Waals surface area (Å²) in [6.45, 7) is 7.01. The molecule has 2 aromatic rings. The molecule has 0 unspecified atom stereocenters. The van der Waals surface area contributed by atoms with Crippen LogP contribution in [0.25, 0.3) is 0 Å². The van der Waals surface area contributed by atoms with Crippen LogP contribution in [-0.2, 0) is 16.1 Å². The Hall–Kier alpha value is -2.70. The lowest BCUT2D eigenvalue weighted by atomic mass is 10.1. The summed E-state index contributed by atoms with van der Waals surface area (Å²) in [6, 6.07) is 3.73. The summed E-state index contributed by atoms with van der Waals surface area (Å²) >= 11 is 0. The summed E-state index contributed by atoms with van der Waals surface area (Å²) in [7, 11) is 0. The van der Waals surface area contributed by atoms with E-state index in [4.69, 9.17) is 0 Å². The Morgan fingerprint density at radius 1 is 1.28 bits per heavy atom. The second-order valence-corrected chi connectivity index (χ2v) is 6.25. The van der Waals surface area contributed by atoms with Gasteiger partial charge in [-0.3, -0.25) is 19.3 Å². The van der Waals surface area contributed by atoms with Crippen molar-refractivity contribution < 1.29 is 9.59 Å². The summed E-state index contributed by atoms with van der Waals surface area (Å²) in [5.41, 5.74) is 3.21. The quantitative estimate of drug-likeness (QED) is 0.868. The van der Waals surface area contributed by atoms with E-state index in [1.165, 1.54) is 0 Å². The maximum atomic E-state index is 12.7. The van der Waals surface area contributed by atoms with Gasteiger partial charge in [0, 0.05) is 25.5 Å². The van der Waals surface area contributed by atoms with Gasteiger partial charge in [-0.05, 0) is 51.3 Å². The summed E-state index contributed by atoms with van der Waals surface area (Å²) in [6.07, 6.45) is 5.16. The van der Waals surface area contributed by atoms with Crippen molar-refractivity contribution in [1.82, 2.24) is 19.7 Å². The van der Waals surface area contributed by atoms with Gasteiger partial charge in [0.25, 0.3) is 0 Å². The predicted octanol–water partition coefficient (Wildman–Crippen LogP) is 2.22. The van der Waals surface area contributed by atoms with Gasteiger partial charge < -0.3 is 10.2 Å². The van der Waals surface area contributed by atoms with Gasteiger partial charge in [0.15, 0.2) is 0 Å². The van der Waals surface area contributed by atoms with E-state index in [2.05, 4.69) is 15.4 Å². The van der Waals surface area contributed by atoms with Crippen molar-refractivity contribution in [3.63, 3.8) is 0 Å². The molecule has 1 saturated heterocycles. The minimum absolute atomic E-state index is 0.0678. The molecule has 1 aliphatic heterocycles. The number of aryl methyl sites for hydroxylation is 2. The molecule has 0 radical (unpaired) electrons. The van der Waals surface area contributed by atoms with Crippen molar-refractivity contribution in [2.45, 2.75) is 46.2 Å². The number of aromatic nitrogens is 3. The van der Waals surface area contributed by atoms with Crippen LogP contribution in [0.3, 0.4) is 0 Å². The summed E-state index contributed by atoms with van der Waals surface area (Å²) in [4.78, 5) is 30.9. The molecule has 3 rings (SSSR count). The van der Waals surface area contributed by atoms with Gasteiger partial charge in [-0.1, -0.05) is 0 Å². The molecule has 1 fully saturated rings. The van der Waals surface area contributed by atoms with Gasteiger partial charge >= 0.3 is 11.8 Å². The zero-order chi connectivity index (χ0) is 18.0. The first-order chi connectivity index (χ1) is 12.0. The second kappa shape index (κ2) is 7.04. The zero-order valence-electron chi connectivity index (χ0n) is 14.8. The third-order valence-electron chi connectivity index (χ3n) is 4.72. The van der Waals surface area contributed by atoms with Gasteiger partial charge in [-0.15, -0.1) is 0 Å². The lowest BCUT2D eigenvalue weighted by molar-refractivity contribution is -0.143. The van der Waals surface area contributed by atoms with E-state index in [0.717, 1.165) is 24.1 Å². The number of hydrogen-bond donors (Lipinski definition) is 1. The van der Waals surface area contributed by atoms with Crippen molar-refractivity contribution >= 4 is 17.5 Å². The van der Waals surface area contributed by atoms with Crippen LogP contribution in [0, 0.1) is 13.8 Å². The SMILES string of the molecule is CCn1nc(C)c(NC(=O)C(=O)N2CCC[C@@H]2c2ccncc2)c1C. The molecule has 0 spiro atoms. The van der Waals surface area contributed by atoms with E-state index < -0.39 is 11.8 Å². The Labute approximate surface area is 147 Å². The molecule has 2 aromatic heterocycles. The van der Waals surface area contributed by atoms with Crippen LogP contribution in [0.2, 0.25) is 0 Å². The number of hydrogen-bond acceptors (Lipinski definition) is 4. The molecule has 0 aromatic carbocycles. The maximum absolute atomic E-state index is 12.7. The smallest absolute Gasteiger partial charge is 0.314 e. The monoisotopic (exact) mass is 341 g/mol. The van der Waals surface area contributed by atoms with E-state index in [1.54, 1.807) is 17.3 Å². The molecule has 132 valence electrons. The third-order valence-corrected chi connectivity index (χ3v) is 4.72. The van der Waals surface area contributed by atoms with Crippen LogP contribution in [-0.4, -0.2) is 38.0 Å². The fraction of sp³-hybridized carbons (Fsp3) is 0.444. The van der Waals surface area contributed by atoms with Gasteiger partial charge in [-0.2, -0.15) is 5.10 Å². The van der Waals surface area contributed by atoms with Crippen LogP contribution in [0.4, 0.5) is 5.69 Å². The van der Waals surface area contributed by atoms with Gasteiger partial charge in [0.05, 0.1) is 23.1 Å². The molecule has 0 bridgehead atoms. The number of rotatable bonds is 3. The number of carbonyl (C=O) groups is 2. The van der Waals surface area contributed by atoms with Crippen LogP contribution < -0.4 is 5.32 Å². The Morgan fingerprint density at radius 3 is 2.64 bits per heavy atom. The minimum atomic E-state index is -0.609. The Bertz CT molecular complexity index is 784. The molecular formula is C18H23N5O2. The molecule has 3 heterocycles. The fourth-order valence-electron chi connectivity index (χ4n) is 3.43. The molecule has 7 heteroatoms. The Kier molecular flexibility index (Phi) is 4.83. The minimum Gasteiger partial charge on any atom is -0.327 e. The molecule has 7 nitrogen and oxygen atoms in total. The highest BCUT2D eigenvalue weighted by atomic mass is 16.2. The van der Waals surface area contributed by atoms with Crippen LogP contribution in [0.5, 0.6) is 0 Å². The van der Waals surface area contributed by atoms with Gasteiger partial charge in [0.1, 0.15) is 0 Å². The molecule has 1 aliphatic rings. The molecule has 0 saturated carbocycles. The average Bonchev–Trinajstić information content (AvgIpc) is 3.22. The first kappa shape index (κ1) is 17.1. The lowest BCUT2D eigenvalue weighted by Gasteiger charge is -2.24. The summed E-state index contributed by atoms with van der Waals surface area (Å²) < 4.78 is 1.81. The van der Waals surface area contributed by atoms with Crippen molar-refractivity contribution in [1.29, 1.82) is 0 Å². The fourth-order valence-corrected chi connectivity index (χ4v) is 3.43. The third kappa shape index (κ3) is 3.26. The lowest BCUT2D eigenvalue weighted by Crippen LogP contribution is -2.39. The van der Waals surface area contributed by atoms with Gasteiger partial charge in [0.2, 0.25) is 0 Å². The molecule has 25 heavy (non-hydrogen) atoms. The Balaban J connectivity index is 1.76. The number of pyridine rings is 1. The van der Waals surface area contributed by atoms with E-state index in [9.17, 15) is 9.59 Å². The normalized spacial score (nSPS) is 16.9. The number of carbonyl (C=O) groups excluding carboxylic acids is 2. The highest BCUT2D eigenvalue weighted by molar-refractivity contribution is 6.39. The number of nitrogens with zero attached hydrogens (tertiary/aromatic N) is 4. The predicted molar refractivity (Wildman–Crippen MR) is 93.9 cm³/mol. The maximum Gasteiger partial charge on any atom is 0.314 e. The molecular weight excluding hydrogens is 318 g/mol. The molecule has 1 atom stereocenters. The topological polar surface area (TPSA) is 80.1 Å². The van der Waals surface area contributed by atoms with E-state index in [1.807, 2.05) is 37.6 Å². The first-order valence-electron chi connectivity index (χ1n) is 8.58. The van der Waals surface area contributed by atoms with Crippen molar-refractivity contribution in [3.8, 4) is 0 Å². The van der Waals surface area contributed by atoms with E-state index >= 15 is 0 Å². The molecule has 0 aliphatic carbocycles. The molecule has 2 amide bonds. The highest BCUT2D eigenvalue weighted by Crippen LogP contribution is 2.31. The van der Waals surface area contributed by atoms with Crippen molar-refractivity contribution in [2.24, 2.45) is 0 Å². The second-order valence-electron chi connectivity index (χ2n) is 6.25. The van der Waals surface area contributed by atoms with Gasteiger partial charge in [-0.25, -0.2) is 0 Å². The number of likely N-dealkylation sites (tertiary alicyclic amines) is 1. The van der Waals surface area contributed by atoms with E-state index in [0.29, 0.717) is 24.5 Å². The van der Waals surface area contributed by atoms with Crippen LogP contribution >= 0.6 is 0 Å². The zero-order valence-corrected chi connectivity index (χ0v) is 14.8. The van der Waals surface area contributed by atoms with Crippen molar-refractivity contribution in [3.05, 3.63) is 41.5 Å². The molecule has 1 N–H and O–H groups in total. The average molecular weight is 341 g/mol. The number of anilines is 1.